The quantitative estimate of drug-likeness (QED) is 0.292. The van der Waals surface area contributed by atoms with E-state index in [1.807, 2.05) is 0 Å². The summed E-state index contributed by atoms with van der Waals surface area (Å²) in [6.07, 6.45) is -1.69. The molecule has 2 aromatic carbocycles. The first-order chi connectivity index (χ1) is 17.1. The number of benzene rings is 2. The van der Waals surface area contributed by atoms with Crippen LogP contribution in [0.15, 0.2) is 36.4 Å². The number of alkyl carbamates (subject to hydrolysis) is 1. The molecular weight excluding hydrogens is 548 g/mol. The first-order valence-electron chi connectivity index (χ1n) is 11.4. The molecule has 2 rings (SSSR count). The summed E-state index contributed by atoms with van der Waals surface area (Å²) in [7, 11) is -4.03. The second-order valence-electron chi connectivity index (χ2n) is 9.25. The van der Waals surface area contributed by atoms with Gasteiger partial charge in [0.15, 0.2) is 6.10 Å². The fourth-order valence-corrected chi connectivity index (χ4v) is 4.42. The minimum absolute atomic E-state index is 0.0000311. The summed E-state index contributed by atoms with van der Waals surface area (Å²) < 4.78 is 53.1. The molecule has 1 amide bonds. The van der Waals surface area contributed by atoms with Gasteiger partial charge in [-0.3, -0.25) is 4.18 Å². The summed E-state index contributed by atoms with van der Waals surface area (Å²) in [5.74, 6) is -1.38. The Morgan fingerprint density at radius 3 is 2.35 bits per heavy atom. The zero-order valence-corrected chi connectivity index (χ0v) is 23.5. The number of ether oxygens (including phenoxy) is 2. The zero-order valence-electron chi connectivity index (χ0n) is 21.1. The van der Waals surface area contributed by atoms with Gasteiger partial charge in [0, 0.05) is 28.1 Å². The molecule has 0 aliphatic rings. The van der Waals surface area contributed by atoms with Crippen LogP contribution in [0.2, 0.25) is 10.0 Å². The van der Waals surface area contributed by atoms with Crippen LogP contribution in [0, 0.1) is 5.82 Å². The van der Waals surface area contributed by atoms with Crippen LogP contribution < -0.4 is 5.32 Å². The molecule has 0 saturated carbocycles. The van der Waals surface area contributed by atoms with Gasteiger partial charge in [-0.1, -0.05) is 35.3 Å². The molecule has 0 aliphatic carbocycles. The molecule has 0 aliphatic heterocycles. The highest BCUT2D eigenvalue weighted by Crippen LogP contribution is 2.30. The molecule has 12 heteroatoms. The molecule has 0 spiro atoms. The van der Waals surface area contributed by atoms with Gasteiger partial charge in [0.25, 0.3) is 10.1 Å². The molecular formula is C25H30Cl2FNO7S. The fraction of sp³-hybridized carbons (Fsp3) is 0.440. The first-order valence-corrected chi connectivity index (χ1v) is 13.9. The second kappa shape index (κ2) is 12.9. The van der Waals surface area contributed by atoms with Gasteiger partial charge in [-0.05, 0) is 69.5 Å². The Morgan fingerprint density at radius 1 is 1.11 bits per heavy atom. The van der Waals surface area contributed by atoms with E-state index in [1.54, 1.807) is 45.9 Å². The number of carbonyl (C=O) groups is 2. The predicted octanol–water partition coefficient (Wildman–Crippen LogP) is 5.53. The lowest BCUT2D eigenvalue weighted by atomic mass is 9.97. The summed E-state index contributed by atoms with van der Waals surface area (Å²) in [6, 6.07) is 8.12. The van der Waals surface area contributed by atoms with Gasteiger partial charge in [-0.25, -0.2) is 14.0 Å². The molecule has 0 heterocycles. The van der Waals surface area contributed by atoms with Crippen molar-refractivity contribution in [3.63, 3.8) is 0 Å². The van der Waals surface area contributed by atoms with Crippen LogP contribution in [-0.4, -0.2) is 51.1 Å². The van der Waals surface area contributed by atoms with Gasteiger partial charge in [-0.15, -0.1) is 0 Å². The summed E-state index contributed by atoms with van der Waals surface area (Å²) in [4.78, 5) is 24.9. The number of halogens is 3. The normalized spacial score (nSPS) is 13.5. The van der Waals surface area contributed by atoms with Crippen LogP contribution in [0.1, 0.15) is 39.7 Å². The van der Waals surface area contributed by atoms with Crippen molar-refractivity contribution in [3.05, 3.63) is 57.8 Å². The van der Waals surface area contributed by atoms with Crippen LogP contribution in [0.5, 0.6) is 0 Å². The van der Waals surface area contributed by atoms with E-state index in [4.69, 9.17) is 36.9 Å². The van der Waals surface area contributed by atoms with Crippen LogP contribution >= 0.6 is 23.2 Å². The SMILES string of the molecule is CCOC(=O)[C@@H](C[C@@H](Cc1ccc(-c2cc(Cl)ccc2F)cc1Cl)NC(=O)OC(C)(C)C)OS(C)(=O)=O. The average Bonchev–Trinajstić information content (AvgIpc) is 2.74. The lowest BCUT2D eigenvalue weighted by Gasteiger charge is -2.26. The van der Waals surface area contributed by atoms with Gasteiger partial charge in [0.05, 0.1) is 12.9 Å². The monoisotopic (exact) mass is 577 g/mol. The van der Waals surface area contributed by atoms with Crippen LogP contribution in [-0.2, 0) is 35.0 Å². The lowest BCUT2D eigenvalue weighted by Crippen LogP contribution is -2.44. The van der Waals surface area contributed by atoms with Crippen LogP contribution in [0.3, 0.4) is 0 Å². The largest absolute Gasteiger partial charge is 0.464 e. The molecule has 1 N–H and O–H groups in total. The van der Waals surface area contributed by atoms with E-state index in [0.29, 0.717) is 16.1 Å². The van der Waals surface area contributed by atoms with Crippen LogP contribution in [0.4, 0.5) is 9.18 Å². The molecule has 204 valence electrons. The Morgan fingerprint density at radius 2 is 1.78 bits per heavy atom. The molecule has 0 bridgehead atoms. The maximum Gasteiger partial charge on any atom is 0.407 e. The number of carbonyl (C=O) groups excluding carboxylic acids is 2. The highest BCUT2D eigenvalue weighted by molar-refractivity contribution is 7.86. The summed E-state index contributed by atoms with van der Waals surface area (Å²) in [6.45, 7) is 6.61. The van der Waals surface area contributed by atoms with Crippen molar-refractivity contribution < 1.29 is 36.1 Å². The van der Waals surface area contributed by atoms with E-state index in [0.717, 1.165) is 6.26 Å². The molecule has 8 nitrogen and oxygen atoms in total. The maximum absolute atomic E-state index is 14.3. The number of nitrogens with one attached hydrogen (secondary N) is 1. The minimum atomic E-state index is -4.03. The minimum Gasteiger partial charge on any atom is -0.464 e. The summed E-state index contributed by atoms with van der Waals surface area (Å²) >= 11 is 12.5. The van der Waals surface area contributed by atoms with Crippen molar-refractivity contribution in [3.8, 4) is 11.1 Å². The number of hydrogen-bond donors (Lipinski definition) is 1. The van der Waals surface area contributed by atoms with Gasteiger partial charge >= 0.3 is 12.1 Å². The number of hydrogen-bond acceptors (Lipinski definition) is 7. The highest BCUT2D eigenvalue weighted by atomic mass is 35.5. The molecule has 0 aromatic heterocycles. The topological polar surface area (TPSA) is 108 Å². The predicted molar refractivity (Wildman–Crippen MR) is 140 cm³/mol. The van der Waals surface area contributed by atoms with E-state index in [-0.39, 0.29) is 30.0 Å². The molecule has 2 atom stereocenters. The summed E-state index contributed by atoms with van der Waals surface area (Å²) in [5.41, 5.74) is 0.470. The van der Waals surface area contributed by atoms with Crippen molar-refractivity contribution in [2.24, 2.45) is 0 Å². The number of esters is 1. The third kappa shape index (κ3) is 10.5. The zero-order chi connectivity index (χ0) is 28.0. The molecule has 0 radical (unpaired) electrons. The van der Waals surface area contributed by atoms with Crippen molar-refractivity contribution in [2.45, 2.75) is 58.3 Å². The Kier molecular flexibility index (Phi) is 10.8. The molecule has 2 aromatic rings. The van der Waals surface area contributed by atoms with E-state index in [2.05, 4.69) is 5.32 Å². The van der Waals surface area contributed by atoms with E-state index >= 15 is 0 Å². The molecule has 0 fully saturated rings. The Labute approximate surface area is 226 Å². The highest BCUT2D eigenvalue weighted by Gasteiger charge is 2.31. The fourth-order valence-electron chi connectivity index (χ4n) is 3.41. The molecule has 0 saturated heterocycles. The lowest BCUT2D eigenvalue weighted by molar-refractivity contribution is -0.151. The Balaban J connectivity index is 2.37. The van der Waals surface area contributed by atoms with Crippen LogP contribution in [0.25, 0.3) is 11.1 Å². The standard InChI is InChI=1S/C25H30Cl2FNO7S/c1-6-34-23(30)22(36-37(5,32)33)14-18(29-24(31)35-25(2,3)4)11-16-8-7-15(12-20(16)27)19-13-17(26)9-10-21(19)28/h7-10,12-13,18,22H,6,11,14H2,1-5H3,(H,29,31)/t18-,22-/m1/s1. The number of rotatable bonds is 10. The third-order valence-corrected chi connectivity index (χ3v) is 5.99. The molecule has 37 heavy (non-hydrogen) atoms. The van der Waals surface area contributed by atoms with E-state index < -0.39 is 45.7 Å². The van der Waals surface area contributed by atoms with Gasteiger partial charge in [-0.2, -0.15) is 8.42 Å². The average molecular weight is 578 g/mol. The van der Waals surface area contributed by atoms with Crippen molar-refractivity contribution in [1.82, 2.24) is 5.32 Å². The van der Waals surface area contributed by atoms with Crippen molar-refractivity contribution >= 4 is 45.4 Å². The molecule has 0 unspecified atom stereocenters. The smallest absolute Gasteiger partial charge is 0.407 e. The maximum atomic E-state index is 14.3. The first kappa shape index (κ1) is 30.8. The number of amides is 1. The van der Waals surface area contributed by atoms with Gasteiger partial charge in [0.1, 0.15) is 11.4 Å². The van der Waals surface area contributed by atoms with Gasteiger partial charge in [0.2, 0.25) is 0 Å². The Hall–Kier alpha value is -2.40. The second-order valence-corrected chi connectivity index (χ2v) is 11.7. The third-order valence-electron chi connectivity index (χ3n) is 4.82. The van der Waals surface area contributed by atoms with E-state index in [1.165, 1.54) is 18.2 Å². The Bertz CT molecular complexity index is 1230. The summed E-state index contributed by atoms with van der Waals surface area (Å²) in [5, 5.41) is 3.26. The van der Waals surface area contributed by atoms with Gasteiger partial charge < -0.3 is 14.8 Å². The van der Waals surface area contributed by atoms with E-state index in [9.17, 15) is 22.4 Å². The van der Waals surface area contributed by atoms with Crippen molar-refractivity contribution in [2.75, 3.05) is 12.9 Å². The van der Waals surface area contributed by atoms with Crippen molar-refractivity contribution in [1.29, 1.82) is 0 Å².